The van der Waals surface area contributed by atoms with Gasteiger partial charge in [-0.25, -0.2) is 0 Å². The molecule has 0 fully saturated rings. The largest absolute Gasteiger partial charge is 0.416 e. The van der Waals surface area contributed by atoms with Crippen molar-refractivity contribution in [2.45, 2.75) is 12.2 Å². The minimum absolute atomic E-state index is 0.0308. The quantitative estimate of drug-likeness (QED) is 0.683. The van der Waals surface area contributed by atoms with Crippen molar-refractivity contribution in [2.24, 2.45) is 0 Å². The zero-order valence-corrected chi connectivity index (χ0v) is 13.7. The summed E-state index contributed by atoms with van der Waals surface area (Å²) in [6, 6.07) is 22.5. The third-order valence-corrected chi connectivity index (χ3v) is 3.99. The molecule has 1 amide bonds. The molecular weight excluding hydrogens is 339 g/mol. The second-order valence-electron chi connectivity index (χ2n) is 5.81. The molecule has 0 aliphatic rings. The number of hydrogen-bond acceptors (Lipinski definition) is 1. The van der Waals surface area contributed by atoms with Crippen LogP contribution >= 0.6 is 0 Å². The monoisotopic (exact) mass is 355 g/mol. The highest BCUT2D eigenvalue weighted by atomic mass is 19.4. The van der Waals surface area contributed by atoms with Gasteiger partial charge in [0.25, 0.3) is 5.91 Å². The van der Waals surface area contributed by atoms with Crippen LogP contribution in [0.1, 0.15) is 33.1 Å². The van der Waals surface area contributed by atoms with E-state index >= 15 is 0 Å². The number of nitrogens with one attached hydrogen (secondary N) is 1. The smallest absolute Gasteiger partial charge is 0.341 e. The van der Waals surface area contributed by atoms with E-state index in [1.54, 1.807) is 0 Å². The number of halogens is 3. The summed E-state index contributed by atoms with van der Waals surface area (Å²) in [5, 5.41) is 2.84. The SMILES string of the molecule is O=C(NC(c1ccccc1)c1ccccc1)c1cccc(C(F)(F)F)c1. The predicted octanol–water partition coefficient (Wildman–Crippen LogP) is 5.22. The second-order valence-corrected chi connectivity index (χ2v) is 5.81. The summed E-state index contributed by atoms with van der Waals surface area (Å²) in [6.45, 7) is 0. The molecule has 3 aromatic carbocycles. The van der Waals surface area contributed by atoms with E-state index in [0.717, 1.165) is 23.3 Å². The van der Waals surface area contributed by atoms with Crippen LogP contribution in [0.15, 0.2) is 84.9 Å². The minimum atomic E-state index is -4.49. The van der Waals surface area contributed by atoms with Gasteiger partial charge < -0.3 is 5.32 Å². The third kappa shape index (κ3) is 4.11. The zero-order valence-electron chi connectivity index (χ0n) is 13.7. The molecule has 0 spiro atoms. The Morgan fingerprint density at radius 1 is 0.769 bits per heavy atom. The molecule has 0 radical (unpaired) electrons. The van der Waals surface area contributed by atoms with Crippen LogP contribution in [-0.4, -0.2) is 5.91 Å². The van der Waals surface area contributed by atoms with Crippen LogP contribution in [0, 0.1) is 0 Å². The molecule has 1 N–H and O–H groups in total. The lowest BCUT2D eigenvalue weighted by Gasteiger charge is -2.20. The fraction of sp³-hybridized carbons (Fsp3) is 0.0952. The molecule has 0 bridgehead atoms. The lowest BCUT2D eigenvalue weighted by Crippen LogP contribution is -2.29. The highest BCUT2D eigenvalue weighted by molar-refractivity contribution is 5.94. The van der Waals surface area contributed by atoms with Crippen LogP contribution in [0.2, 0.25) is 0 Å². The number of alkyl halides is 3. The minimum Gasteiger partial charge on any atom is -0.341 e. The summed E-state index contributed by atoms with van der Waals surface area (Å²) in [5.74, 6) is -0.561. The highest BCUT2D eigenvalue weighted by Crippen LogP contribution is 2.30. The Labute approximate surface area is 149 Å². The van der Waals surface area contributed by atoms with Gasteiger partial charge in [-0.05, 0) is 29.3 Å². The molecule has 132 valence electrons. The summed E-state index contributed by atoms with van der Waals surface area (Å²) in [5.41, 5.74) is 0.816. The molecule has 0 saturated heterocycles. The second kappa shape index (κ2) is 7.44. The Kier molecular flexibility index (Phi) is 5.07. The molecule has 3 rings (SSSR count). The van der Waals surface area contributed by atoms with Gasteiger partial charge in [-0.15, -0.1) is 0 Å². The van der Waals surface area contributed by atoms with Crippen LogP contribution in [0.4, 0.5) is 13.2 Å². The van der Waals surface area contributed by atoms with E-state index in [-0.39, 0.29) is 5.56 Å². The van der Waals surface area contributed by atoms with Crippen LogP contribution in [0.25, 0.3) is 0 Å². The third-order valence-electron chi connectivity index (χ3n) is 3.99. The average Bonchev–Trinajstić information content (AvgIpc) is 2.67. The maximum Gasteiger partial charge on any atom is 0.416 e. The van der Waals surface area contributed by atoms with E-state index in [4.69, 9.17) is 0 Å². The van der Waals surface area contributed by atoms with Crippen LogP contribution in [0.3, 0.4) is 0 Å². The lowest BCUT2D eigenvalue weighted by molar-refractivity contribution is -0.137. The first-order chi connectivity index (χ1) is 12.4. The fourth-order valence-electron chi connectivity index (χ4n) is 2.70. The molecule has 26 heavy (non-hydrogen) atoms. The first-order valence-corrected chi connectivity index (χ1v) is 8.03. The lowest BCUT2D eigenvalue weighted by atomic mass is 9.98. The van der Waals surface area contributed by atoms with Gasteiger partial charge in [-0.2, -0.15) is 13.2 Å². The van der Waals surface area contributed by atoms with Gasteiger partial charge in [-0.1, -0.05) is 66.7 Å². The van der Waals surface area contributed by atoms with Crippen molar-refractivity contribution < 1.29 is 18.0 Å². The Balaban J connectivity index is 1.91. The summed E-state index contributed by atoms with van der Waals surface area (Å²) in [7, 11) is 0. The summed E-state index contributed by atoms with van der Waals surface area (Å²) >= 11 is 0. The number of carbonyl (C=O) groups is 1. The van der Waals surface area contributed by atoms with E-state index < -0.39 is 23.7 Å². The number of amides is 1. The van der Waals surface area contributed by atoms with Gasteiger partial charge in [0, 0.05) is 5.56 Å². The molecule has 0 aliphatic carbocycles. The van der Waals surface area contributed by atoms with E-state index in [1.807, 2.05) is 60.7 Å². The van der Waals surface area contributed by atoms with Gasteiger partial charge in [0.15, 0.2) is 0 Å². The standard InChI is InChI=1S/C21H16F3NO/c22-21(23,24)18-13-7-12-17(14-18)20(26)25-19(15-8-3-1-4-9-15)16-10-5-2-6-11-16/h1-14,19H,(H,25,26). The Hall–Kier alpha value is -3.08. The zero-order chi connectivity index (χ0) is 18.6. The van der Waals surface area contributed by atoms with E-state index in [0.29, 0.717) is 0 Å². The Morgan fingerprint density at radius 3 is 1.81 bits per heavy atom. The van der Waals surface area contributed by atoms with Crippen LogP contribution in [-0.2, 0) is 6.18 Å². The van der Waals surface area contributed by atoms with Crippen molar-refractivity contribution >= 4 is 5.91 Å². The van der Waals surface area contributed by atoms with Crippen molar-refractivity contribution in [3.05, 3.63) is 107 Å². The molecule has 0 heterocycles. The fourth-order valence-corrected chi connectivity index (χ4v) is 2.70. The number of benzene rings is 3. The Morgan fingerprint density at radius 2 is 1.31 bits per heavy atom. The van der Waals surface area contributed by atoms with E-state index in [9.17, 15) is 18.0 Å². The topological polar surface area (TPSA) is 29.1 Å². The number of carbonyl (C=O) groups excluding carboxylic acids is 1. The molecule has 2 nitrogen and oxygen atoms in total. The van der Waals surface area contributed by atoms with Gasteiger partial charge in [-0.3, -0.25) is 4.79 Å². The first-order valence-electron chi connectivity index (χ1n) is 8.03. The maximum atomic E-state index is 12.9. The van der Waals surface area contributed by atoms with Gasteiger partial charge in [0.2, 0.25) is 0 Å². The molecule has 3 aromatic rings. The molecule has 0 aromatic heterocycles. The van der Waals surface area contributed by atoms with Crippen LogP contribution in [0.5, 0.6) is 0 Å². The molecule has 0 atom stereocenters. The van der Waals surface area contributed by atoms with E-state index in [1.165, 1.54) is 12.1 Å². The number of hydrogen-bond donors (Lipinski definition) is 1. The highest BCUT2D eigenvalue weighted by Gasteiger charge is 2.31. The van der Waals surface area contributed by atoms with Gasteiger partial charge in [0.1, 0.15) is 0 Å². The van der Waals surface area contributed by atoms with Gasteiger partial charge in [0.05, 0.1) is 11.6 Å². The summed E-state index contributed by atoms with van der Waals surface area (Å²) < 4.78 is 38.7. The first kappa shape index (κ1) is 17.7. The van der Waals surface area contributed by atoms with Crippen molar-refractivity contribution in [3.63, 3.8) is 0 Å². The van der Waals surface area contributed by atoms with Crippen molar-refractivity contribution in [3.8, 4) is 0 Å². The number of rotatable bonds is 4. The van der Waals surface area contributed by atoms with Crippen molar-refractivity contribution in [2.75, 3.05) is 0 Å². The normalized spacial score (nSPS) is 11.4. The van der Waals surface area contributed by atoms with Crippen molar-refractivity contribution in [1.82, 2.24) is 5.32 Å². The van der Waals surface area contributed by atoms with Crippen molar-refractivity contribution in [1.29, 1.82) is 0 Å². The molecule has 0 saturated carbocycles. The average molecular weight is 355 g/mol. The molecular formula is C21H16F3NO. The Bertz CT molecular complexity index is 837. The predicted molar refractivity (Wildman–Crippen MR) is 93.6 cm³/mol. The van der Waals surface area contributed by atoms with Gasteiger partial charge >= 0.3 is 6.18 Å². The summed E-state index contributed by atoms with van der Waals surface area (Å²) in [4.78, 5) is 12.6. The summed E-state index contributed by atoms with van der Waals surface area (Å²) in [6.07, 6.45) is -4.49. The molecule has 0 aliphatic heterocycles. The maximum absolute atomic E-state index is 12.9. The molecule has 5 heteroatoms. The van der Waals surface area contributed by atoms with Crippen LogP contribution < -0.4 is 5.32 Å². The molecule has 0 unspecified atom stereocenters. The van der Waals surface area contributed by atoms with E-state index in [2.05, 4.69) is 5.32 Å².